The van der Waals surface area contributed by atoms with Crippen molar-refractivity contribution in [3.05, 3.63) is 0 Å². The summed E-state index contributed by atoms with van der Waals surface area (Å²) in [6.07, 6.45) is -0.736. The molecule has 21 heavy (non-hydrogen) atoms. The maximum Gasteiger partial charge on any atom is 1.00 e. The molecule has 1 amide bonds. The standard InChI is InChI=1S/C12H23BF3N2O2.K/c1-5-10-8-17(11(19)20-12(2,3)4)6-7-18(10)9-13(14,15)16;/h10H,5-9H2,1-4H3;/q-1;+1/t10-;/m1./s1. The molecule has 0 aromatic heterocycles. The largest absolute Gasteiger partial charge is 1.00 e. The fourth-order valence-corrected chi connectivity index (χ4v) is 2.28. The molecule has 1 fully saturated rings. The van der Waals surface area contributed by atoms with E-state index in [9.17, 15) is 17.7 Å². The van der Waals surface area contributed by atoms with E-state index < -0.39 is 25.1 Å². The number of hydrogen-bond donors (Lipinski definition) is 0. The van der Waals surface area contributed by atoms with Gasteiger partial charge >= 0.3 is 64.5 Å². The third-order valence-electron chi connectivity index (χ3n) is 3.17. The number of nitrogens with zero attached hydrogens (tertiary/aromatic N) is 2. The first-order valence-electron chi connectivity index (χ1n) is 6.95. The van der Waals surface area contributed by atoms with E-state index in [1.165, 1.54) is 9.80 Å². The molecule has 0 unspecified atom stereocenters. The van der Waals surface area contributed by atoms with Gasteiger partial charge < -0.3 is 27.5 Å². The quantitative estimate of drug-likeness (QED) is 0.665. The van der Waals surface area contributed by atoms with Crippen molar-refractivity contribution in [3.63, 3.8) is 0 Å². The van der Waals surface area contributed by atoms with Gasteiger partial charge in [0.05, 0.1) is 0 Å². The minimum absolute atomic E-state index is 0. The number of carbonyl (C=O) groups is 1. The average Bonchev–Trinajstić information content (AvgIpc) is 2.25. The van der Waals surface area contributed by atoms with Crippen molar-refractivity contribution in [1.29, 1.82) is 0 Å². The maximum atomic E-state index is 12.5. The smallest absolute Gasteiger partial charge is 0.448 e. The Morgan fingerprint density at radius 3 is 2.29 bits per heavy atom. The number of hydrogen-bond acceptors (Lipinski definition) is 3. The van der Waals surface area contributed by atoms with Crippen LogP contribution >= 0.6 is 0 Å². The van der Waals surface area contributed by atoms with E-state index in [4.69, 9.17) is 4.74 Å². The second-order valence-corrected chi connectivity index (χ2v) is 6.19. The van der Waals surface area contributed by atoms with Gasteiger partial charge in [0, 0.05) is 25.7 Å². The predicted molar refractivity (Wildman–Crippen MR) is 72.5 cm³/mol. The zero-order chi connectivity index (χ0) is 15.6. The normalized spacial score (nSPS) is 20.9. The van der Waals surface area contributed by atoms with Gasteiger partial charge in [0.25, 0.3) is 0 Å². The topological polar surface area (TPSA) is 32.8 Å². The second kappa shape index (κ2) is 8.54. The van der Waals surface area contributed by atoms with Crippen LogP contribution in [0.15, 0.2) is 0 Å². The van der Waals surface area contributed by atoms with E-state index in [0.29, 0.717) is 6.42 Å². The molecule has 9 heteroatoms. The molecule has 1 aliphatic rings. The molecule has 0 bridgehead atoms. The van der Waals surface area contributed by atoms with Crippen molar-refractivity contribution < 1.29 is 73.9 Å². The third kappa shape index (κ3) is 8.22. The summed E-state index contributed by atoms with van der Waals surface area (Å²) in [7, 11) is 0. The molecule has 0 aromatic rings. The Balaban J connectivity index is 0.00000400. The summed E-state index contributed by atoms with van der Waals surface area (Å²) in [4.78, 5) is 14.9. The number of carbonyl (C=O) groups excluding carboxylic acids is 1. The second-order valence-electron chi connectivity index (χ2n) is 6.19. The van der Waals surface area contributed by atoms with Gasteiger partial charge in [-0.05, 0) is 33.6 Å². The SMILES string of the molecule is CC[C@@H]1CN(C(=O)OC(C)(C)C)CCN1C[B-](F)(F)F.[K+]. The van der Waals surface area contributed by atoms with Gasteiger partial charge in [0.1, 0.15) is 5.60 Å². The average molecular weight is 334 g/mol. The zero-order valence-electron chi connectivity index (χ0n) is 13.5. The first kappa shape index (κ1) is 21.7. The van der Waals surface area contributed by atoms with Crippen LogP contribution in [0.1, 0.15) is 34.1 Å². The third-order valence-corrected chi connectivity index (χ3v) is 3.17. The van der Waals surface area contributed by atoms with Gasteiger partial charge in [0.2, 0.25) is 0 Å². The molecule has 1 aliphatic heterocycles. The summed E-state index contributed by atoms with van der Waals surface area (Å²) in [5, 5.41) is 0. The van der Waals surface area contributed by atoms with Gasteiger partial charge in [0.15, 0.2) is 0 Å². The molecule has 1 saturated heterocycles. The summed E-state index contributed by atoms with van der Waals surface area (Å²) < 4.78 is 42.9. The van der Waals surface area contributed by atoms with Gasteiger partial charge in [-0.25, -0.2) is 4.79 Å². The van der Waals surface area contributed by atoms with Crippen molar-refractivity contribution in [2.24, 2.45) is 0 Å². The Morgan fingerprint density at radius 1 is 1.29 bits per heavy atom. The summed E-state index contributed by atoms with van der Waals surface area (Å²) in [6.45, 7) is 3.10. The number of rotatable bonds is 3. The van der Waals surface area contributed by atoms with Crippen LogP contribution in [0, 0.1) is 0 Å². The van der Waals surface area contributed by atoms with Gasteiger partial charge in [-0.2, -0.15) is 0 Å². The van der Waals surface area contributed by atoms with Gasteiger partial charge in [-0.3, -0.25) is 0 Å². The monoisotopic (exact) mass is 334 g/mol. The van der Waals surface area contributed by atoms with Crippen LogP contribution in [0.25, 0.3) is 0 Å². The van der Waals surface area contributed by atoms with E-state index in [2.05, 4.69) is 0 Å². The molecule has 0 aliphatic carbocycles. The van der Waals surface area contributed by atoms with Crippen LogP contribution in [-0.4, -0.2) is 60.6 Å². The van der Waals surface area contributed by atoms with E-state index in [0.717, 1.165) is 0 Å². The van der Waals surface area contributed by atoms with E-state index in [-0.39, 0.29) is 77.1 Å². The minimum Gasteiger partial charge on any atom is -0.448 e. The first-order chi connectivity index (χ1) is 9.02. The van der Waals surface area contributed by atoms with Crippen LogP contribution < -0.4 is 51.4 Å². The summed E-state index contributed by atoms with van der Waals surface area (Å²) >= 11 is 0. The first-order valence-corrected chi connectivity index (χ1v) is 6.95. The van der Waals surface area contributed by atoms with Crippen molar-refractivity contribution in [2.45, 2.75) is 45.8 Å². The number of halogens is 3. The summed E-state index contributed by atoms with van der Waals surface area (Å²) in [6, 6.07) is -0.264. The Labute approximate surface area is 167 Å². The number of amides is 1. The summed E-state index contributed by atoms with van der Waals surface area (Å²) in [5.41, 5.74) is -0.592. The van der Waals surface area contributed by atoms with Crippen molar-refractivity contribution in [1.82, 2.24) is 9.80 Å². The van der Waals surface area contributed by atoms with Crippen molar-refractivity contribution >= 4 is 13.1 Å². The molecule has 0 saturated carbocycles. The number of piperazine rings is 1. The molecule has 0 aromatic carbocycles. The van der Waals surface area contributed by atoms with Gasteiger partial charge in [-0.1, -0.05) is 6.92 Å². The molecule has 0 N–H and O–H groups in total. The Morgan fingerprint density at radius 2 is 1.86 bits per heavy atom. The summed E-state index contributed by atoms with van der Waals surface area (Å²) in [5.74, 6) is 0. The molecule has 4 nitrogen and oxygen atoms in total. The Hall–Kier alpha value is 0.721. The number of ether oxygens (including phenoxy) is 1. The van der Waals surface area contributed by atoms with Gasteiger partial charge in [-0.15, -0.1) is 0 Å². The molecule has 1 rings (SSSR count). The van der Waals surface area contributed by atoms with Crippen LogP contribution in [0.5, 0.6) is 0 Å². The zero-order valence-corrected chi connectivity index (χ0v) is 16.7. The fraction of sp³-hybridized carbons (Fsp3) is 0.917. The molecule has 1 heterocycles. The predicted octanol–water partition coefficient (Wildman–Crippen LogP) is -0.292. The van der Waals surface area contributed by atoms with Crippen LogP contribution in [0.4, 0.5) is 17.7 Å². The maximum absolute atomic E-state index is 12.5. The molecular weight excluding hydrogens is 311 g/mol. The van der Waals surface area contributed by atoms with Crippen LogP contribution in [0.2, 0.25) is 0 Å². The molecule has 1 atom stereocenters. The van der Waals surface area contributed by atoms with E-state index in [1.54, 1.807) is 20.8 Å². The minimum atomic E-state index is -4.83. The van der Waals surface area contributed by atoms with Crippen LogP contribution in [-0.2, 0) is 4.74 Å². The molecule has 118 valence electrons. The van der Waals surface area contributed by atoms with E-state index in [1.807, 2.05) is 6.92 Å². The molecule has 0 radical (unpaired) electrons. The fourth-order valence-electron chi connectivity index (χ4n) is 2.28. The Kier molecular flexibility index (Phi) is 8.83. The molecular formula is C12H23BF3KN2O2. The van der Waals surface area contributed by atoms with Crippen LogP contribution in [0.3, 0.4) is 0 Å². The Bertz CT molecular complexity index is 350. The van der Waals surface area contributed by atoms with Crippen molar-refractivity contribution in [3.8, 4) is 0 Å². The van der Waals surface area contributed by atoms with E-state index >= 15 is 0 Å². The van der Waals surface area contributed by atoms with Crippen molar-refractivity contribution in [2.75, 3.05) is 26.1 Å². The molecule has 0 spiro atoms.